The quantitative estimate of drug-likeness (QED) is 0.485. The predicted octanol–water partition coefficient (Wildman–Crippen LogP) is 2.93. The van der Waals surface area contributed by atoms with E-state index in [2.05, 4.69) is 13.8 Å². The van der Waals surface area contributed by atoms with Gasteiger partial charge in [0, 0.05) is 6.08 Å². The van der Waals surface area contributed by atoms with Gasteiger partial charge in [0.2, 0.25) is 0 Å². The minimum Gasteiger partial charge on any atom is -0.463 e. The largest absolute Gasteiger partial charge is 0.463 e. The average molecular weight is 184 g/mol. The van der Waals surface area contributed by atoms with Crippen LogP contribution in [-0.2, 0) is 9.53 Å². The number of allylic oxidation sites excluding steroid dienone is 1. The summed E-state index contributed by atoms with van der Waals surface area (Å²) in [5, 5.41) is 0. The second-order valence-electron chi connectivity index (χ2n) is 3.33. The molecule has 0 aromatic carbocycles. The van der Waals surface area contributed by atoms with Crippen LogP contribution in [0.2, 0.25) is 0 Å². The smallest absolute Gasteiger partial charge is 0.330 e. The van der Waals surface area contributed by atoms with E-state index in [4.69, 9.17) is 4.74 Å². The maximum Gasteiger partial charge on any atom is 0.330 e. The maximum atomic E-state index is 11.1. The normalized spacial score (nSPS) is 14.0. The van der Waals surface area contributed by atoms with Crippen molar-refractivity contribution in [2.45, 2.75) is 40.5 Å². The van der Waals surface area contributed by atoms with Gasteiger partial charge in [0.25, 0.3) is 0 Å². The molecule has 0 aliphatic heterocycles. The lowest BCUT2D eigenvalue weighted by molar-refractivity contribution is -0.137. The summed E-state index contributed by atoms with van der Waals surface area (Å²) < 4.78 is 4.83. The van der Waals surface area contributed by atoms with Crippen LogP contribution in [0.1, 0.15) is 40.5 Å². The molecule has 2 nitrogen and oxygen atoms in total. The maximum absolute atomic E-state index is 11.1. The van der Waals surface area contributed by atoms with Gasteiger partial charge >= 0.3 is 5.97 Å². The molecule has 13 heavy (non-hydrogen) atoms. The molecule has 0 heterocycles. The van der Waals surface area contributed by atoms with Crippen molar-refractivity contribution in [3.8, 4) is 0 Å². The van der Waals surface area contributed by atoms with E-state index in [9.17, 15) is 4.79 Å². The van der Waals surface area contributed by atoms with Crippen LogP contribution in [0, 0.1) is 5.92 Å². The Morgan fingerprint density at radius 1 is 1.46 bits per heavy atom. The fraction of sp³-hybridized carbons (Fsp3) is 0.727. The Balaban J connectivity index is 4.05. The molecule has 0 spiro atoms. The lowest BCUT2D eigenvalue weighted by Crippen LogP contribution is -2.03. The van der Waals surface area contributed by atoms with E-state index >= 15 is 0 Å². The van der Waals surface area contributed by atoms with Gasteiger partial charge in [0.15, 0.2) is 0 Å². The fourth-order valence-corrected chi connectivity index (χ4v) is 1.17. The van der Waals surface area contributed by atoms with Gasteiger partial charge in [-0.3, -0.25) is 0 Å². The molecule has 0 bridgehead atoms. The molecule has 1 atom stereocenters. The first-order valence-corrected chi connectivity index (χ1v) is 4.96. The molecular weight excluding hydrogens is 164 g/mol. The summed E-state index contributed by atoms with van der Waals surface area (Å²) in [5.74, 6) is 0.261. The minimum atomic E-state index is -0.219. The molecule has 0 aliphatic rings. The standard InChI is InChI=1S/C11H20O2/c1-5-7-9(3)10(4)8-11(12)13-6-2/h8-9H,5-7H2,1-4H3/b10-8+. The van der Waals surface area contributed by atoms with E-state index in [0.717, 1.165) is 18.4 Å². The zero-order valence-electron chi connectivity index (χ0n) is 9.09. The molecule has 0 aromatic heterocycles. The lowest BCUT2D eigenvalue weighted by Gasteiger charge is -2.09. The van der Waals surface area contributed by atoms with Crippen LogP contribution in [0.15, 0.2) is 11.6 Å². The molecule has 0 amide bonds. The molecule has 0 aromatic rings. The highest BCUT2D eigenvalue weighted by Crippen LogP contribution is 2.15. The van der Waals surface area contributed by atoms with Crippen LogP contribution >= 0.6 is 0 Å². The van der Waals surface area contributed by atoms with Gasteiger partial charge in [-0.15, -0.1) is 0 Å². The summed E-state index contributed by atoms with van der Waals surface area (Å²) in [6.45, 7) is 8.53. The van der Waals surface area contributed by atoms with Crippen LogP contribution in [0.4, 0.5) is 0 Å². The van der Waals surface area contributed by atoms with E-state index < -0.39 is 0 Å². The van der Waals surface area contributed by atoms with Gasteiger partial charge in [-0.05, 0) is 26.2 Å². The van der Waals surface area contributed by atoms with Gasteiger partial charge in [0.1, 0.15) is 0 Å². The number of rotatable bonds is 5. The fourth-order valence-electron chi connectivity index (χ4n) is 1.17. The molecule has 1 unspecified atom stereocenters. The molecule has 0 rings (SSSR count). The van der Waals surface area contributed by atoms with Gasteiger partial charge < -0.3 is 4.74 Å². The Bertz CT molecular complexity index is 183. The molecule has 0 saturated carbocycles. The van der Waals surface area contributed by atoms with Crippen molar-refractivity contribution in [3.05, 3.63) is 11.6 Å². The molecular formula is C11H20O2. The monoisotopic (exact) mass is 184 g/mol. The van der Waals surface area contributed by atoms with E-state index in [0.29, 0.717) is 12.5 Å². The highest BCUT2D eigenvalue weighted by atomic mass is 16.5. The van der Waals surface area contributed by atoms with Crippen molar-refractivity contribution in [1.29, 1.82) is 0 Å². The Labute approximate surface area is 81.0 Å². The van der Waals surface area contributed by atoms with Crippen LogP contribution in [0.3, 0.4) is 0 Å². The number of hydrogen-bond donors (Lipinski definition) is 0. The van der Waals surface area contributed by atoms with Crippen molar-refractivity contribution >= 4 is 5.97 Å². The van der Waals surface area contributed by atoms with E-state index in [1.165, 1.54) is 0 Å². The van der Waals surface area contributed by atoms with Crippen molar-refractivity contribution in [2.24, 2.45) is 5.92 Å². The number of hydrogen-bond acceptors (Lipinski definition) is 2. The second-order valence-corrected chi connectivity index (χ2v) is 3.33. The molecule has 76 valence electrons. The number of carbonyl (C=O) groups is 1. The van der Waals surface area contributed by atoms with Gasteiger partial charge in [-0.25, -0.2) is 4.79 Å². The van der Waals surface area contributed by atoms with E-state index in [1.807, 2.05) is 13.8 Å². The van der Waals surface area contributed by atoms with Crippen molar-refractivity contribution in [3.63, 3.8) is 0 Å². The molecule has 2 heteroatoms. The molecule has 0 fully saturated rings. The summed E-state index contributed by atoms with van der Waals surface area (Å²) in [7, 11) is 0. The Kier molecular flexibility index (Phi) is 6.29. The first kappa shape index (κ1) is 12.2. The third-order valence-corrected chi connectivity index (χ3v) is 2.13. The zero-order chi connectivity index (χ0) is 10.3. The SMILES string of the molecule is CCCC(C)/C(C)=C/C(=O)OCC. The van der Waals surface area contributed by atoms with Crippen LogP contribution in [0.5, 0.6) is 0 Å². The Morgan fingerprint density at radius 3 is 2.54 bits per heavy atom. The number of esters is 1. The third kappa shape index (κ3) is 5.45. The molecule has 0 radical (unpaired) electrons. The first-order chi connectivity index (χ1) is 6.11. The third-order valence-electron chi connectivity index (χ3n) is 2.13. The van der Waals surface area contributed by atoms with Crippen molar-refractivity contribution in [2.75, 3.05) is 6.61 Å². The Hall–Kier alpha value is -0.790. The summed E-state index contributed by atoms with van der Waals surface area (Å²) in [6, 6.07) is 0. The van der Waals surface area contributed by atoms with Crippen molar-refractivity contribution < 1.29 is 9.53 Å². The predicted molar refractivity (Wildman–Crippen MR) is 54.5 cm³/mol. The lowest BCUT2D eigenvalue weighted by atomic mass is 9.97. The van der Waals surface area contributed by atoms with Crippen molar-refractivity contribution in [1.82, 2.24) is 0 Å². The number of carbonyl (C=O) groups excluding carboxylic acids is 1. The molecule has 0 saturated heterocycles. The highest BCUT2D eigenvalue weighted by molar-refractivity contribution is 5.82. The van der Waals surface area contributed by atoms with Crippen LogP contribution in [0.25, 0.3) is 0 Å². The summed E-state index contributed by atoms with van der Waals surface area (Å²) in [5.41, 5.74) is 1.11. The first-order valence-electron chi connectivity index (χ1n) is 4.96. The topological polar surface area (TPSA) is 26.3 Å². The highest BCUT2D eigenvalue weighted by Gasteiger charge is 2.05. The zero-order valence-corrected chi connectivity index (χ0v) is 9.09. The van der Waals surface area contributed by atoms with Crippen LogP contribution < -0.4 is 0 Å². The van der Waals surface area contributed by atoms with Gasteiger partial charge in [-0.2, -0.15) is 0 Å². The van der Waals surface area contributed by atoms with Gasteiger partial charge in [-0.1, -0.05) is 25.8 Å². The number of ether oxygens (including phenoxy) is 1. The average Bonchev–Trinajstić information content (AvgIpc) is 2.05. The van der Waals surface area contributed by atoms with E-state index in [1.54, 1.807) is 6.08 Å². The Morgan fingerprint density at radius 2 is 2.08 bits per heavy atom. The molecule has 0 aliphatic carbocycles. The minimum absolute atomic E-state index is 0.219. The van der Waals surface area contributed by atoms with Crippen LogP contribution in [-0.4, -0.2) is 12.6 Å². The second kappa shape index (κ2) is 6.70. The van der Waals surface area contributed by atoms with Gasteiger partial charge in [0.05, 0.1) is 6.61 Å². The summed E-state index contributed by atoms with van der Waals surface area (Å²) in [4.78, 5) is 11.1. The van der Waals surface area contributed by atoms with E-state index in [-0.39, 0.29) is 5.97 Å². The summed E-state index contributed by atoms with van der Waals surface area (Å²) in [6.07, 6.45) is 3.88. The molecule has 0 N–H and O–H groups in total. The summed E-state index contributed by atoms with van der Waals surface area (Å²) >= 11 is 0.